The van der Waals surface area contributed by atoms with E-state index >= 15 is 0 Å². The van der Waals surface area contributed by atoms with E-state index in [0.29, 0.717) is 55.5 Å². The maximum absolute atomic E-state index is 12.6. The number of nitrogens with zero attached hydrogens (tertiary/aromatic N) is 3. The maximum Gasteiger partial charge on any atom is 0.234 e. The Balaban J connectivity index is 1.68. The van der Waals surface area contributed by atoms with E-state index in [2.05, 4.69) is 16.0 Å². The monoisotopic (exact) mass is 441 g/mol. The minimum Gasteiger partial charge on any atom is -0.468 e. The summed E-state index contributed by atoms with van der Waals surface area (Å²) >= 11 is 5.90. The number of benzene rings is 1. The quantitative estimate of drug-likeness (QED) is 0.656. The van der Waals surface area contributed by atoms with Crippen LogP contribution >= 0.6 is 11.6 Å². The molecule has 2 aliphatic rings. The van der Waals surface area contributed by atoms with Gasteiger partial charge in [0.15, 0.2) is 12.4 Å². The molecule has 2 aliphatic heterocycles. The van der Waals surface area contributed by atoms with E-state index in [-0.39, 0.29) is 18.3 Å². The van der Waals surface area contributed by atoms with Crippen molar-refractivity contribution in [1.82, 2.24) is 4.98 Å². The second-order valence-electron chi connectivity index (χ2n) is 8.23. The second-order valence-corrected chi connectivity index (χ2v) is 8.66. The molecule has 0 atom stereocenters. The number of fused-ring (bicyclic) bond motifs is 1. The molecule has 0 saturated carbocycles. The Kier molecular flexibility index (Phi) is 6.15. The molecule has 1 fully saturated rings. The minimum absolute atomic E-state index is 0.183. The number of pyridine rings is 1. The lowest BCUT2D eigenvalue weighted by atomic mass is 9.89. The number of Topliss-reactive ketones (excluding diaryl/α,β-unsaturated/α-hetero) is 1. The molecular formula is C23H24ClN3O4. The number of aromatic nitrogens is 1. The van der Waals surface area contributed by atoms with Crippen molar-refractivity contribution < 1.29 is 19.0 Å². The molecule has 31 heavy (non-hydrogen) atoms. The van der Waals surface area contributed by atoms with Crippen LogP contribution in [0.15, 0.2) is 24.3 Å². The summed E-state index contributed by atoms with van der Waals surface area (Å²) in [6.45, 7) is 6.75. The zero-order chi connectivity index (χ0) is 22.0. The molecular weight excluding hydrogens is 418 g/mol. The van der Waals surface area contributed by atoms with Gasteiger partial charge in [0.25, 0.3) is 0 Å². The SMILES string of the molecule is CC1(C)Cc2c(C#N)c(OCC(=O)c3ccc(Cl)cc3)nc(N3CCOCC3)c2CO1. The number of carbonyl (C=O) groups excluding carboxylic acids is 1. The van der Waals surface area contributed by atoms with Gasteiger partial charge in [0.2, 0.25) is 5.88 Å². The van der Waals surface area contributed by atoms with E-state index in [1.54, 1.807) is 24.3 Å². The van der Waals surface area contributed by atoms with Crippen LogP contribution in [0.25, 0.3) is 0 Å². The highest BCUT2D eigenvalue weighted by atomic mass is 35.5. The van der Waals surface area contributed by atoms with E-state index in [4.69, 9.17) is 25.8 Å². The summed E-state index contributed by atoms with van der Waals surface area (Å²) in [6.07, 6.45) is 0.562. The Morgan fingerprint density at radius 2 is 1.97 bits per heavy atom. The van der Waals surface area contributed by atoms with Crippen LogP contribution in [0.5, 0.6) is 5.88 Å². The Bertz CT molecular complexity index is 1020. The number of hydrogen-bond donors (Lipinski definition) is 0. The van der Waals surface area contributed by atoms with E-state index in [9.17, 15) is 10.1 Å². The first-order valence-electron chi connectivity index (χ1n) is 10.2. The summed E-state index contributed by atoms with van der Waals surface area (Å²) in [6, 6.07) is 8.87. The van der Waals surface area contributed by atoms with E-state index in [0.717, 1.165) is 16.9 Å². The number of nitriles is 1. The fraction of sp³-hybridized carbons (Fsp3) is 0.435. The van der Waals surface area contributed by atoms with Gasteiger partial charge < -0.3 is 19.1 Å². The molecule has 162 valence electrons. The molecule has 4 rings (SSSR count). The van der Waals surface area contributed by atoms with Crippen molar-refractivity contribution >= 4 is 23.2 Å². The molecule has 8 heteroatoms. The number of rotatable bonds is 5. The number of halogens is 1. The number of ketones is 1. The van der Waals surface area contributed by atoms with Gasteiger partial charge in [-0.1, -0.05) is 11.6 Å². The molecule has 0 radical (unpaired) electrons. The Morgan fingerprint density at radius 3 is 2.65 bits per heavy atom. The van der Waals surface area contributed by atoms with Gasteiger partial charge in [0.1, 0.15) is 17.5 Å². The van der Waals surface area contributed by atoms with Crippen LogP contribution < -0.4 is 9.64 Å². The van der Waals surface area contributed by atoms with E-state index < -0.39 is 5.60 Å². The van der Waals surface area contributed by atoms with Crippen LogP contribution in [0, 0.1) is 11.3 Å². The third-order valence-corrected chi connectivity index (χ3v) is 5.75. The van der Waals surface area contributed by atoms with Crippen LogP contribution in [0.3, 0.4) is 0 Å². The molecule has 2 aromatic rings. The number of hydrogen-bond acceptors (Lipinski definition) is 7. The van der Waals surface area contributed by atoms with Gasteiger partial charge >= 0.3 is 0 Å². The summed E-state index contributed by atoms with van der Waals surface area (Å²) in [5.74, 6) is 0.709. The predicted molar refractivity (Wildman–Crippen MR) is 116 cm³/mol. The highest BCUT2D eigenvalue weighted by Crippen LogP contribution is 2.38. The van der Waals surface area contributed by atoms with Crippen LogP contribution in [-0.4, -0.2) is 49.3 Å². The first kappa shape index (κ1) is 21.6. The van der Waals surface area contributed by atoms with Gasteiger partial charge in [-0.05, 0) is 43.7 Å². The lowest BCUT2D eigenvalue weighted by molar-refractivity contribution is -0.0402. The Labute approximate surface area is 186 Å². The summed E-state index contributed by atoms with van der Waals surface area (Å²) in [4.78, 5) is 19.4. The number of ether oxygens (including phenoxy) is 3. The van der Waals surface area contributed by atoms with E-state index in [1.165, 1.54) is 0 Å². The molecule has 1 aromatic carbocycles. The Hall–Kier alpha value is -2.66. The standard InChI is InChI=1S/C23H24ClN3O4/c1-23(2)11-17-18(12-25)22(30-14-20(28)15-3-5-16(24)6-4-15)26-21(19(17)13-31-23)27-7-9-29-10-8-27/h3-6H,7-11,13-14H2,1-2H3. The average Bonchev–Trinajstić information content (AvgIpc) is 2.77. The Morgan fingerprint density at radius 1 is 1.26 bits per heavy atom. The van der Waals surface area contributed by atoms with Crippen molar-refractivity contribution in [3.63, 3.8) is 0 Å². The van der Waals surface area contributed by atoms with Gasteiger partial charge in [-0.2, -0.15) is 10.2 Å². The topological polar surface area (TPSA) is 84.7 Å². The number of morpholine rings is 1. The fourth-order valence-corrected chi connectivity index (χ4v) is 3.96. The van der Waals surface area contributed by atoms with Gasteiger partial charge in [0, 0.05) is 35.7 Å². The van der Waals surface area contributed by atoms with Gasteiger partial charge in [-0.25, -0.2) is 0 Å². The highest BCUT2D eigenvalue weighted by Gasteiger charge is 2.34. The highest BCUT2D eigenvalue weighted by molar-refractivity contribution is 6.30. The molecule has 3 heterocycles. The van der Waals surface area contributed by atoms with Crippen molar-refractivity contribution in [3.05, 3.63) is 51.5 Å². The van der Waals surface area contributed by atoms with Crippen LogP contribution in [0.4, 0.5) is 5.82 Å². The maximum atomic E-state index is 12.6. The molecule has 1 saturated heterocycles. The number of anilines is 1. The fourth-order valence-electron chi connectivity index (χ4n) is 3.84. The third-order valence-electron chi connectivity index (χ3n) is 5.50. The second kappa shape index (κ2) is 8.83. The van der Waals surface area contributed by atoms with Gasteiger partial charge in [-0.15, -0.1) is 0 Å². The lowest BCUT2D eigenvalue weighted by Gasteiger charge is -2.36. The van der Waals surface area contributed by atoms with Crippen molar-refractivity contribution in [2.45, 2.75) is 32.5 Å². The van der Waals surface area contributed by atoms with Crippen molar-refractivity contribution in [3.8, 4) is 11.9 Å². The van der Waals surface area contributed by atoms with Crippen LogP contribution in [0.1, 0.15) is 40.9 Å². The molecule has 0 spiro atoms. The zero-order valence-corrected chi connectivity index (χ0v) is 18.4. The number of carbonyl (C=O) groups is 1. The molecule has 0 aliphatic carbocycles. The van der Waals surface area contributed by atoms with Gasteiger partial charge in [-0.3, -0.25) is 4.79 Å². The summed E-state index contributed by atoms with van der Waals surface area (Å²) in [5, 5.41) is 10.5. The normalized spacial score (nSPS) is 17.5. The molecule has 0 bridgehead atoms. The average molecular weight is 442 g/mol. The van der Waals surface area contributed by atoms with Crippen molar-refractivity contribution in [2.75, 3.05) is 37.8 Å². The predicted octanol–water partition coefficient (Wildman–Crippen LogP) is 3.56. The smallest absolute Gasteiger partial charge is 0.234 e. The lowest BCUT2D eigenvalue weighted by Crippen LogP contribution is -2.39. The molecule has 0 amide bonds. The van der Waals surface area contributed by atoms with Gasteiger partial charge in [0.05, 0.1) is 25.4 Å². The van der Waals surface area contributed by atoms with E-state index in [1.807, 2.05) is 13.8 Å². The first-order valence-corrected chi connectivity index (χ1v) is 10.6. The first-order chi connectivity index (χ1) is 14.9. The van der Waals surface area contributed by atoms with Crippen LogP contribution in [-0.2, 0) is 22.5 Å². The molecule has 0 N–H and O–H groups in total. The summed E-state index contributed by atoms with van der Waals surface area (Å²) in [7, 11) is 0. The molecule has 7 nitrogen and oxygen atoms in total. The summed E-state index contributed by atoms with van der Waals surface area (Å²) in [5.41, 5.74) is 2.24. The summed E-state index contributed by atoms with van der Waals surface area (Å²) < 4.78 is 17.3. The zero-order valence-electron chi connectivity index (χ0n) is 17.6. The largest absolute Gasteiger partial charge is 0.468 e. The molecule has 0 unspecified atom stereocenters. The van der Waals surface area contributed by atoms with Crippen molar-refractivity contribution in [1.29, 1.82) is 5.26 Å². The molecule has 1 aromatic heterocycles. The minimum atomic E-state index is -0.404. The van der Waals surface area contributed by atoms with Crippen LogP contribution in [0.2, 0.25) is 5.02 Å². The third kappa shape index (κ3) is 4.67. The van der Waals surface area contributed by atoms with Crippen molar-refractivity contribution in [2.24, 2.45) is 0 Å².